The Hall–Kier alpha value is -0.0800. The van der Waals surface area contributed by atoms with Crippen LogP contribution in [0.15, 0.2) is 0 Å². The van der Waals surface area contributed by atoms with E-state index in [1.807, 2.05) is 20.9 Å². The fourth-order valence-corrected chi connectivity index (χ4v) is 0.552. The quantitative estimate of drug-likeness (QED) is 0.620. The van der Waals surface area contributed by atoms with Gasteiger partial charge in [-0.2, -0.15) is 0 Å². The summed E-state index contributed by atoms with van der Waals surface area (Å²) in [5.41, 5.74) is 4.50. The van der Waals surface area contributed by atoms with Crippen LogP contribution in [0.3, 0.4) is 0 Å². The summed E-state index contributed by atoms with van der Waals surface area (Å²) >= 11 is 0. The first-order valence-corrected chi connectivity index (χ1v) is 4.64. The molecule has 0 aliphatic rings. The van der Waals surface area contributed by atoms with Gasteiger partial charge in [0.2, 0.25) is 0 Å². The van der Waals surface area contributed by atoms with Crippen LogP contribution in [0.5, 0.6) is 0 Å². The van der Waals surface area contributed by atoms with Gasteiger partial charge in [-0.05, 0) is 27.1 Å². The van der Waals surface area contributed by atoms with Gasteiger partial charge in [-0.15, -0.1) is 0 Å². The van der Waals surface area contributed by atoms with Crippen molar-refractivity contribution in [2.75, 3.05) is 20.6 Å². The molecule has 0 aliphatic carbocycles. The van der Waals surface area contributed by atoms with Crippen LogP contribution < -0.4 is 11.1 Å². The molecule has 0 amide bonds. The first kappa shape index (κ1) is 17.1. The molecule has 72 valence electrons. The molecule has 0 aromatic rings. The minimum absolute atomic E-state index is 1.17. The van der Waals surface area contributed by atoms with Gasteiger partial charge in [0.1, 0.15) is 0 Å². The van der Waals surface area contributed by atoms with Crippen LogP contribution in [0.2, 0.25) is 0 Å². The van der Waals surface area contributed by atoms with Gasteiger partial charge in [-0.25, -0.2) is 0 Å². The fraction of sp³-hybridized carbons (Fsp3) is 1.00. The Morgan fingerprint density at radius 2 is 1.55 bits per heavy atom. The molecular weight excluding hydrogens is 136 g/mol. The summed E-state index contributed by atoms with van der Waals surface area (Å²) in [4.78, 5) is 0. The average Bonchev–Trinajstić information content (AvgIpc) is 2.13. The van der Waals surface area contributed by atoms with Crippen molar-refractivity contribution < 1.29 is 0 Å². The van der Waals surface area contributed by atoms with Crippen LogP contribution in [0.25, 0.3) is 0 Å². The molecule has 0 spiro atoms. The monoisotopic (exact) mass is 162 g/mol. The molecule has 0 rings (SSSR count). The number of hydrogen-bond donors (Lipinski definition) is 2. The van der Waals surface area contributed by atoms with Crippen LogP contribution >= 0.6 is 0 Å². The molecule has 3 N–H and O–H groups in total. The molecule has 0 aliphatic heterocycles. The largest absolute Gasteiger partial charge is 0.333 e. The normalized spacial score (nSPS) is 7.09. The molecular formula is C9H26N2. The summed E-state index contributed by atoms with van der Waals surface area (Å²) in [6.45, 7) is 7.39. The van der Waals surface area contributed by atoms with E-state index in [1.165, 1.54) is 32.9 Å². The number of unbranched alkanes of at least 4 members (excludes halogenated alkanes) is 2. The van der Waals surface area contributed by atoms with Gasteiger partial charge in [0.25, 0.3) is 0 Å². The molecule has 0 aromatic heterocycles. The molecule has 0 fully saturated rings. The molecule has 0 saturated carbocycles. The van der Waals surface area contributed by atoms with Gasteiger partial charge in [0.15, 0.2) is 0 Å². The minimum Gasteiger partial charge on any atom is -0.333 e. The Kier molecular flexibility index (Phi) is 50.8. The zero-order chi connectivity index (χ0) is 9.54. The van der Waals surface area contributed by atoms with Crippen molar-refractivity contribution in [3.63, 3.8) is 0 Å². The first-order valence-electron chi connectivity index (χ1n) is 4.64. The molecule has 0 radical (unpaired) electrons. The van der Waals surface area contributed by atoms with Crippen molar-refractivity contribution >= 4 is 0 Å². The summed E-state index contributed by atoms with van der Waals surface area (Å²) in [7, 11) is 3.50. The third-order valence-corrected chi connectivity index (χ3v) is 1.03. The van der Waals surface area contributed by atoms with Gasteiger partial charge in [-0.1, -0.05) is 33.6 Å². The predicted molar refractivity (Wildman–Crippen MR) is 54.9 cm³/mol. The Bertz CT molecular complexity index is 26.7. The lowest BCUT2D eigenvalue weighted by molar-refractivity contribution is 0.667. The van der Waals surface area contributed by atoms with E-state index >= 15 is 0 Å². The molecule has 0 heterocycles. The lowest BCUT2D eigenvalue weighted by atomic mass is 10.2. The summed E-state index contributed by atoms with van der Waals surface area (Å²) in [6.07, 6.45) is 4.01. The van der Waals surface area contributed by atoms with E-state index in [2.05, 4.69) is 18.0 Å². The SMILES string of the molecule is CC.CCCCCNC.CN. The number of nitrogens with one attached hydrogen (secondary N) is 1. The summed E-state index contributed by atoms with van der Waals surface area (Å²) in [5.74, 6) is 0. The van der Waals surface area contributed by atoms with Crippen LogP contribution in [-0.4, -0.2) is 20.6 Å². The van der Waals surface area contributed by atoms with Crippen LogP contribution in [0.1, 0.15) is 40.0 Å². The fourth-order valence-electron chi connectivity index (χ4n) is 0.552. The Morgan fingerprint density at radius 1 is 1.09 bits per heavy atom. The van der Waals surface area contributed by atoms with E-state index in [4.69, 9.17) is 0 Å². The number of nitrogens with two attached hydrogens (primary N) is 1. The molecule has 0 saturated heterocycles. The van der Waals surface area contributed by atoms with Gasteiger partial charge < -0.3 is 11.1 Å². The highest BCUT2D eigenvalue weighted by molar-refractivity contribution is 4.39. The average molecular weight is 162 g/mol. The van der Waals surface area contributed by atoms with Crippen molar-refractivity contribution in [3.05, 3.63) is 0 Å². The molecule has 0 bridgehead atoms. The van der Waals surface area contributed by atoms with E-state index < -0.39 is 0 Å². The standard InChI is InChI=1S/C6H15N.C2H6.CH5N/c1-3-4-5-6-7-2;2*1-2/h7H,3-6H2,1-2H3;1-2H3;2H2,1H3. The maximum absolute atomic E-state index is 4.50. The molecule has 0 unspecified atom stereocenters. The van der Waals surface area contributed by atoms with Crippen LogP contribution in [-0.2, 0) is 0 Å². The third kappa shape index (κ3) is 40.5. The number of rotatable bonds is 4. The minimum atomic E-state index is 1.17. The van der Waals surface area contributed by atoms with Crippen molar-refractivity contribution in [1.82, 2.24) is 5.32 Å². The predicted octanol–water partition coefficient (Wildman–Crippen LogP) is 2.00. The van der Waals surface area contributed by atoms with Gasteiger partial charge in [0, 0.05) is 0 Å². The number of hydrogen-bond acceptors (Lipinski definition) is 2. The zero-order valence-electron chi connectivity index (χ0n) is 8.91. The van der Waals surface area contributed by atoms with Crippen molar-refractivity contribution in [3.8, 4) is 0 Å². The highest BCUT2D eigenvalue weighted by atomic mass is 14.8. The van der Waals surface area contributed by atoms with Crippen LogP contribution in [0.4, 0.5) is 0 Å². The van der Waals surface area contributed by atoms with E-state index in [9.17, 15) is 0 Å². The van der Waals surface area contributed by atoms with Crippen molar-refractivity contribution in [2.24, 2.45) is 5.73 Å². The van der Waals surface area contributed by atoms with Crippen molar-refractivity contribution in [1.29, 1.82) is 0 Å². The van der Waals surface area contributed by atoms with Crippen molar-refractivity contribution in [2.45, 2.75) is 40.0 Å². The lowest BCUT2D eigenvalue weighted by Crippen LogP contribution is -2.06. The molecule has 2 heteroatoms. The third-order valence-electron chi connectivity index (χ3n) is 1.03. The van der Waals surface area contributed by atoms with Gasteiger partial charge >= 0.3 is 0 Å². The highest BCUT2D eigenvalue weighted by Crippen LogP contribution is 1.89. The van der Waals surface area contributed by atoms with Gasteiger partial charge in [0.05, 0.1) is 0 Å². The molecule has 0 atom stereocenters. The molecule has 11 heavy (non-hydrogen) atoms. The summed E-state index contributed by atoms with van der Waals surface area (Å²) in [6, 6.07) is 0. The second kappa shape index (κ2) is 32.6. The Labute approximate surface area is 72.6 Å². The smallest absolute Gasteiger partial charge is 0.00519 e. The van der Waals surface area contributed by atoms with E-state index in [-0.39, 0.29) is 0 Å². The van der Waals surface area contributed by atoms with Crippen LogP contribution in [0, 0.1) is 0 Å². The second-order valence-electron chi connectivity index (χ2n) is 1.81. The molecule has 0 aromatic carbocycles. The topological polar surface area (TPSA) is 38.0 Å². The molecule has 2 nitrogen and oxygen atoms in total. The Morgan fingerprint density at radius 3 is 1.82 bits per heavy atom. The van der Waals surface area contributed by atoms with E-state index in [0.29, 0.717) is 0 Å². The maximum Gasteiger partial charge on any atom is -0.00519 e. The second-order valence-corrected chi connectivity index (χ2v) is 1.81. The van der Waals surface area contributed by atoms with E-state index in [0.717, 1.165) is 0 Å². The first-order chi connectivity index (χ1) is 5.41. The maximum atomic E-state index is 4.50. The summed E-state index contributed by atoms with van der Waals surface area (Å²) < 4.78 is 0. The van der Waals surface area contributed by atoms with Gasteiger partial charge in [-0.3, -0.25) is 0 Å². The highest BCUT2D eigenvalue weighted by Gasteiger charge is 1.78. The van der Waals surface area contributed by atoms with E-state index in [1.54, 1.807) is 0 Å². The lowest BCUT2D eigenvalue weighted by Gasteiger charge is -1.93. The summed E-state index contributed by atoms with van der Waals surface area (Å²) in [5, 5.41) is 3.10. The zero-order valence-corrected chi connectivity index (χ0v) is 8.91. The Balaban J connectivity index is -0.000000138.